The maximum absolute atomic E-state index is 10.2. The number of hydrogen-bond donors (Lipinski definition) is 1. The molecular weight excluding hydrogens is 160 g/mol. The van der Waals surface area contributed by atoms with E-state index in [-0.39, 0.29) is 0 Å². The first-order valence-corrected chi connectivity index (χ1v) is 3.82. The van der Waals surface area contributed by atoms with Crippen LogP contribution in [0.1, 0.15) is 0 Å². The topological polar surface area (TPSA) is 80.7 Å². The van der Waals surface area contributed by atoms with E-state index in [1.165, 1.54) is 0 Å². The molecule has 0 spiro atoms. The maximum Gasteiger partial charge on any atom is 0.328 e. The smallest absolute Gasteiger partial charge is 0.328 e. The van der Waals surface area contributed by atoms with Crippen LogP contribution in [-0.4, -0.2) is 24.7 Å². The molecule has 0 atom stereocenters. The van der Waals surface area contributed by atoms with Crippen LogP contribution in [-0.2, 0) is 19.6 Å². The zero-order valence-electron chi connectivity index (χ0n) is 4.98. The van der Waals surface area contributed by atoms with Crippen molar-refractivity contribution in [1.29, 1.82) is 0 Å². The molecular formula is C4H6O5S. The lowest BCUT2D eigenvalue weighted by atomic mass is 10.8. The normalized spacial score (nSPS) is 10.5. The van der Waals surface area contributed by atoms with Gasteiger partial charge in [-0.05, 0) is 0 Å². The van der Waals surface area contributed by atoms with E-state index in [1.807, 2.05) is 0 Å². The van der Waals surface area contributed by atoms with Crippen molar-refractivity contribution in [3.63, 3.8) is 0 Å². The van der Waals surface area contributed by atoms with Crippen LogP contribution in [0.25, 0.3) is 0 Å². The molecule has 0 fully saturated rings. The third-order valence-electron chi connectivity index (χ3n) is 0.515. The minimum absolute atomic E-state index is 0.785. The summed E-state index contributed by atoms with van der Waals surface area (Å²) in [4.78, 5) is 10.2. The van der Waals surface area contributed by atoms with Gasteiger partial charge >= 0.3 is 5.97 Å². The highest BCUT2D eigenvalue weighted by atomic mass is 32.2. The maximum atomic E-state index is 10.2. The zero-order valence-corrected chi connectivity index (χ0v) is 5.80. The third-order valence-corrected chi connectivity index (χ3v) is 1.12. The molecule has 0 saturated heterocycles. The van der Waals surface area contributed by atoms with Crippen LogP contribution in [0.2, 0.25) is 0 Å². The van der Waals surface area contributed by atoms with E-state index in [0.29, 0.717) is 0 Å². The van der Waals surface area contributed by atoms with Gasteiger partial charge in [0.05, 0.1) is 6.26 Å². The predicted molar refractivity (Wildman–Crippen MR) is 32.7 cm³/mol. The van der Waals surface area contributed by atoms with E-state index in [9.17, 15) is 13.2 Å². The lowest BCUT2D eigenvalue weighted by molar-refractivity contribution is -0.135. The Morgan fingerprint density at radius 1 is 1.70 bits per heavy atom. The molecule has 0 aromatic rings. The Bertz CT molecular complexity index is 226. The van der Waals surface area contributed by atoms with Gasteiger partial charge in [-0.1, -0.05) is 6.58 Å². The van der Waals surface area contributed by atoms with Crippen LogP contribution < -0.4 is 0 Å². The number of carbonyl (C=O) groups is 1. The van der Waals surface area contributed by atoms with Crippen molar-refractivity contribution >= 4 is 16.1 Å². The quantitative estimate of drug-likeness (QED) is 0.349. The molecule has 0 unspecified atom stereocenters. The van der Waals surface area contributed by atoms with Crippen molar-refractivity contribution in [2.45, 2.75) is 0 Å². The SMILES string of the molecule is C=COC(=O)CS(=O)(=O)O. The Hall–Kier alpha value is -0.880. The second-order valence-electron chi connectivity index (χ2n) is 1.38. The molecule has 0 aromatic heterocycles. The Labute approximate surface area is 58.0 Å². The fourth-order valence-corrected chi connectivity index (χ4v) is 0.642. The molecule has 58 valence electrons. The monoisotopic (exact) mass is 166 g/mol. The molecule has 6 heteroatoms. The summed E-state index contributed by atoms with van der Waals surface area (Å²) in [5, 5.41) is 0. The average molecular weight is 166 g/mol. The molecule has 10 heavy (non-hydrogen) atoms. The average Bonchev–Trinajstić information content (AvgIpc) is 1.59. The van der Waals surface area contributed by atoms with E-state index in [1.54, 1.807) is 0 Å². The fraction of sp³-hybridized carbons (Fsp3) is 0.250. The molecule has 1 N–H and O–H groups in total. The fourth-order valence-electron chi connectivity index (χ4n) is 0.276. The lowest BCUT2D eigenvalue weighted by Gasteiger charge is -1.93. The number of rotatable bonds is 3. The Morgan fingerprint density at radius 2 is 2.20 bits per heavy atom. The Morgan fingerprint density at radius 3 is 2.50 bits per heavy atom. The summed E-state index contributed by atoms with van der Waals surface area (Å²) in [6.07, 6.45) is 0.785. The molecule has 0 aliphatic carbocycles. The molecule has 0 rings (SSSR count). The van der Waals surface area contributed by atoms with Gasteiger partial charge in [0.1, 0.15) is 0 Å². The molecule has 5 nitrogen and oxygen atoms in total. The molecule has 0 radical (unpaired) electrons. The summed E-state index contributed by atoms with van der Waals surface area (Å²) in [6.45, 7) is 3.01. The van der Waals surface area contributed by atoms with Crippen LogP contribution in [0, 0.1) is 0 Å². The number of carbonyl (C=O) groups excluding carboxylic acids is 1. The first kappa shape index (κ1) is 9.12. The van der Waals surface area contributed by atoms with Gasteiger partial charge in [-0.3, -0.25) is 9.35 Å². The molecule has 0 aliphatic heterocycles. The van der Waals surface area contributed by atoms with Crippen LogP contribution in [0.4, 0.5) is 0 Å². The van der Waals surface area contributed by atoms with Gasteiger partial charge in [0.15, 0.2) is 5.75 Å². The predicted octanol–water partition coefficient (Wildman–Crippen LogP) is -0.439. The highest BCUT2D eigenvalue weighted by molar-refractivity contribution is 7.86. The van der Waals surface area contributed by atoms with Crippen molar-refractivity contribution < 1.29 is 22.5 Å². The van der Waals surface area contributed by atoms with Crippen molar-refractivity contribution in [3.05, 3.63) is 12.8 Å². The van der Waals surface area contributed by atoms with E-state index in [0.717, 1.165) is 6.26 Å². The third kappa shape index (κ3) is 5.26. The highest BCUT2D eigenvalue weighted by Gasteiger charge is 2.12. The van der Waals surface area contributed by atoms with E-state index in [4.69, 9.17) is 4.55 Å². The summed E-state index contributed by atoms with van der Waals surface area (Å²) in [5.41, 5.74) is 0. The first-order valence-electron chi connectivity index (χ1n) is 2.21. The van der Waals surface area contributed by atoms with Crippen LogP contribution in [0.5, 0.6) is 0 Å². The molecule has 0 aromatic carbocycles. The van der Waals surface area contributed by atoms with Crippen molar-refractivity contribution in [3.8, 4) is 0 Å². The first-order chi connectivity index (χ1) is 4.45. The van der Waals surface area contributed by atoms with E-state index >= 15 is 0 Å². The summed E-state index contributed by atoms with van der Waals surface area (Å²) in [6, 6.07) is 0. The summed E-state index contributed by atoms with van der Waals surface area (Å²) in [5.74, 6) is -2.10. The second-order valence-corrected chi connectivity index (χ2v) is 2.84. The Balaban J connectivity index is 3.93. The van der Waals surface area contributed by atoms with Crippen LogP contribution in [0.3, 0.4) is 0 Å². The van der Waals surface area contributed by atoms with Crippen molar-refractivity contribution in [2.24, 2.45) is 0 Å². The summed E-state index contributed by atoms with van der Waals surface area (Å²) >= 11 is 0. The van der Waals surface area contributed by atoms with Gasteiger partial charge in [0.2, 0.25) is 0 Å². The zero-order chi connectivity index (χ0) is 8.20. The summed E-state index contributed by atoms with van der Waals surface area (Å²) < 4.78 is 31.9. The molecule has 0 amide bonds. The summed E-state index contributed by atoms with van der Waals surface area (Å²) in [7, 11) is -4.27. The van der Waals surface area contributed by atoms with Gasteiger partial charge < -0.3 is 4.74 Å². The highest BCUT2D eigenvalue weighted by Crippen LogP contribution is 1.85. The largest absolute Gasteiger partial charge is 0.434 e. The standard InChI is InChI=1S/C4H6O5S/c1-2-9-4(5)3-10(6,7)8/h2H,1,3H2,(H,6,7,8). The molecule has 0 heterocycles. The van der Waals surface area contributed by atoms with E-state index in [2.05, 4.69) is 11.3 Å². The number of esters is 1. The van der Waals surface area contributed by atoms with Crippen molar-refractivity contribution in [1.82, 2.24) is 0 Å². The number of ether oxygens (including phenoxy) is 1. The second kappa shape index (κ2) is 3.33. The minimum atomic E-state index is -4.27. The van der Waals surface area contributed by atoms with Gasteiger partial charge in [-0.25, -0.2) is 0 Å². The molecule has 0 aliphatic rings. The Kier molecular flexibility index (Phi) is 3.04. The minimum Gasteiger partial charge on any atom is -0.434 e. The van der Waals surface area contributed by atoms with Gasteiger partial charge in [-0.2, -0.15) is 8.42 Å². The van der Waals surface area contributed by atoms with Crippen molar-refractivity contribution in [2.75, 3.05) is 5.75 Å². The molecule has 0 bridgehead atoms. The van der Waals surface area contributed by atoms with Crippen LogP contribution in [0.15, 0.2) is 12.8 Å². The van der Waals surface area contributed by atoms with E-state index < -0.39 is 21.8 Å². The molecule has 0 saturated carbocycles. The lowest BCUT2D eigenvalue weighted by Crippen LogP contribution is -2.15. The number of hydrogen-bond acceptors (Lipinski definition) is 4. The van der Waals surface area contributed by atoms with Gasteiger partial charge in [-0.15, -0.1) is 0 Å². The van der Waals surface area contributed by atoms with Gasteiger partial charge in [0, 0.05) is 0 Å². The van der Waals surface area contributed by atoms with Crippen LogP contribution >= 0.6 is 0 Å². The van der Waals surface area contributed by atoms with Gasteiger partial charge in [0.25, 0.3) is 10.1 Å².